The Morgan fingerprint density at radius 1 is 1.28 bits per heavy atom. The first-order chi connectivity index (χ1) is 8.69. The van der Waals surface area contributed by atoms with Crippen molar-refractivity contribution < 1.29 is 14.2 Å². The molecule has 3 nitrogen and oxygen atoms in total. The van der Waals surface area contributed by atoms with Crippen LogP contribution in [0.3, 0.4) is 0 Å². The van der Waals surface area contributed by atoms with E-state index in [0.717, 1.165) is 10.2 Å². The van der Waals surface area contributed by atoms with Gasteiger partial charge in [0.1, 0.15) is 18.2 Å². The van der Waals surface area contributed by atoms with Gasteiger partial charge in [0.2, 0.25) is 0 Å². The van der Waals surface area contributed by atoms with E-state index < -0.39 is 5.82 Å². The molecule has 2 rings (SSSR count). The lowest BCUT2D eigenvalue weighted by Crippen LogP contribution is -2.01. The van der Waals surface area contributed by atoms with Crippen molar-refractivity contribution in [3.63, 3.8) is 0 Å². The molecule has 0 atom stereocenters. The van der Waals surface area contributed by atoms with Gasteiger partial charge < -0.3 is 9.84 Å². The first kappa shape index (κ1) is 13.0. The molecule has 1 aromatic heterocycles. The van der Waals surface area contributed by atoms with E-state index in [0.29, 0.717) is 11.3 Å². The lowest BCUT2D eigenvalue weighted by molar-refractivity contribution is 0.256. The van der Waals surface area contributed by atoms with Gasteiger partial charge in [0.15, 0.2) is 0 Å². The Balaban J connectivity index is 2.08. The molecule has 1 heterocycles. The minimum absolute atomic E-state index is 0.263. The molecule has 0 saturated carbocycles. The highest BCUT2D eigenvalue weighted by Gasteiger charge is 2.05. The predicted molar refractivity (Wildman–Crippen MR) is 68.6 cm³/mol. The second-order valence-electron chi connectivity index (χ2n) is 3.67. The molecule has 0 fully saturated rings. The summed E-state index contributed by atoms with van der Waals surface area (Å²) in [4.78, 5) is 4.16. The summed E-state index contributed by atoms with van der Waals surface area (Å²) in [7, 11) is 0. The van der Waals surface area contributed by atoms with E-state index in [1.165, 1.54) is 18.2 Å². The SMILES string of the molecule is OCc1cc(F)ccc1OCc1ccc(Br)cn1. The molecule has 0 amide bonds. The van der Waals surface area contributed by atoms with Crippen molar-refractivity contribution in [1.82, 2.24) is 4.98 Å². The molecule has 94 valence electrons. The molecule has 18 heavy (non-hydrogen) atoms. The smallest absolute Gasteiger partial charge is 0.130 e. The van der Waals surface area contributed by atoms with Crippen LogP contribution in [-0.2, 0) is 13.2 Å². The minimum Gasteiger partial charge on any atom is -0.487 e. The molecule has 0 aliphatic carbocycles. The molecule has 2 aromatic rings. The summed E-state index contributed by atoms with van der Waals surface area (Å²) in [6.45, 7) is 0.00672. The zero-order valence-corrected chi connectivity index (χ0v) is 11.0. The number of pyridine rings is 1. The van der Waals surface area contributed by atoms with Crippen LogP contribution in [0.4, 0.5) is 4.39 Å². The summed E-state index contributed by atoms with van der Waals surface area (Å²) in [5, 5.41) is 9.11. The summed E-state index contributed by atoms with van der Waals surface area (Å²) in [6, 6.07) is 7.74. The topological polar surface area (TPSA) is 42.4 Å². The largest absolute Gasteiger partial charge is 0.487 e. The average molecular weight is 312 g/mol. The number of ether oxygens (including phenoxy) is 1. The maximum Gasteiger partial charge on any atom is 0.130 e. The molecule has 0 bridgehead atoms. The lowest BCUT2D eigenvalue weighted by Gasteiger charge is -2.09. The molecular weight excluding hydrogens is 301 g/mol. The number of aliphatic hydroxyl groups is 1. The van der Waals surface area contributed by atoms with E-state index in [2.05, 4.69) is 20.9 Å². The minimum atomic E-state index is -0.395. The summed E-state index contributed by atoms with van der Waals surface area (Å²) in [5.74, 6) is 0.0665. The molecule has 0 unspecified atom stereocenters. The number of rotatable bonds is 4. The summed E-state index contributed by atoms with van der Waals surface area (Å²) in [5.41, 5.74) is 1.18. The van der Waals surface area contributed by atoms with E-state index in [9.17, 15) is 4.39 Å². The van der Waals surface area contributed by atoms with Gasteiger partial charge in [-0.3, -0.25) is 4.98 Å². The monoisotopic (exact) mass is 311 g/mol. The van der Waals surface area contributed by atoms with Gasteiger partial charge in [-0.1, -0.05) is 0 Å². The number of hydrogen-bond acceptors (Lipinski definition) is 3. The maximum absolute atomic E-state index is 13.0. The molecule has 5 heteroatoms. The Labute approximate surface area is 112 Å². The summed E-state index contributed by atoms with van der Waals surface area (Å²) < 4.78 is 19.4. The third-order valence-corrected chi connectivity index (χ3v) is 2.83. The van der Waals surface area contributed by atoms with Crippen LogP contribution in [0.2, 0.25) is 0 Å². The van der Waals surface area contributed by atoms with E-state index in [1.807, 2.05) is 12.1 Å². The molecule has 0 radical (unpaired) electrons. The fourth-order valence-electron chi connectivity index (χ4n) is 1.46. The van der Waals surface area contributed by atoms with Crippen LogP contribution in [0.15, 0.2) is 41.0 Å². The average Bonchev–Trinajstić information content (AvgIpc) is 2.39. The number of aromatic nitrogens is 1. The van der Waals surface area contributed by atoms with Crippen molar-refractivity contribution in [3.05, 3.63) is 58.1 Å². The standard InChI is InChI=1S/C13H11BrFNO2/c14-10-1-3-12(16-6-10)8-18-13-4-2-11(15)5-9(13)7-17/h1-6,17H,7-8H2. The van der Waals surface area contributed by atoms with Gasteiger partial charge >= 0.3 is 0 Å². The molecule has 0 aliphatic heterocycles. The molecule has 0 spiro atoms. The predicted octanol–water partition coefficient (Wildman–Crippen LogP) is 3.05. The second kappa shape index (κ2) is 5.93. The third-order valence-electron chi connectivity index (χ3n) is 2.36. The summed E-state index contributed by atoms with van der Waals surface area (Å²) in [6.07, 6.45) is 1.68. The molecule has 0 saturated heterocycles. The maximum atomic E-state index is 13.0. The first-order valence-electron chi connectivity index (χ1n) is 5.31. The molecule has 1 N–H and O–H groups in total. The van der Waals surface area contributed by atoms with Gasteiger partial charge in [-0.2, -0.15) is 0 Å². The fourth-order valence-corrected chi connectivity index (χ4v) is 1.69. The zero-order valence-electron chi connectivity index (χ0n) is 9.44. The number of benzene rings is 1. The van der Waals surface area contributed by atoms with Crippen molar-refractivity contribution in [1.29, 1.82) is 0 Å². The highest BCUT2D eigenvalue weighted by Crippen LogP contribution is 2.20. The Kier molecular flexibility index (Phi) is 4.28. The number of aliphatic hydroxyl groups excluding tert-OH is 1. The van der Waals surface area contributed by atoms with Crippen molar-refractivity contribution in [3.8, 4) is 5.75 Å². The number of nitrogens with zero attached hydrogens (tertiary/aromatic N) is 1. The normalized spacial score (nSPS) is 10.4. The Morgan fingerprint density at radius 2 is 2.11 bits per heavy atom. The van der Waals surface area contributed by atoms with Crippen molar-refractivity contribution in [2.75, 3.05) is 0 Å². The van der Waals surface area contributed by atoms with Crippen LogP contribution >= 0.6 is 15.9 Å². The van der Waals surface area contributed by atoms with Gasteiger partial charge in [-0.25, -0.2) is 4.39 Å². The quantitative estimate of drug-likeness (QED) is 0.943. The summed E-state index contributed by atoms with van der Waals surface area (Å²) >= 11 is 3.29. The Hall–Kier alpha value is -1.46. The van der Waals surface area contributed by atoms with Gasteiger partial charge in [0.05, 0.1) is 12.3 Å². The van der Waals surface area contributed by atoms with Crippen molar-refractivity contribution in [2.24, 2.45) is 0 Å². The first-order valence-corrected chi connectivity index (χ1v) is 6.11. The van der Waals surface area contributed by atoms with Gasteiger partial charge in [0, 0.05) is 16.2 Å². The van der Waals surface area contributed by atoms with Gasteiger partial charge in [0.25, 0.3) is 0 Å². The van der Waals surface area contributed by atoms with Crippen LogP contribution in [0, 0.1) is 5.82 Å². The molecular formula is C13H11BrFNO2. The van der Waals surface area contributed by atoms with Gasteiger partial charge in [-0.05, 0) is 46.3 Å². The Bertz CT molecular complexity index is 531. The van der Waals surface area contributed by atoms with Crippen molar-refractivity contribution in [2.45, 2.75) is 13.2 Å². The number of hydrogen-bond donors (Lipinski definition) is 1. The van der Waals surface area contributed by atoms with Crippen molar-refractivity contribution >= 4 is 15.9 Å². The van der Waals surface area contributed by atoms with E-state index in [4.69, 9.17) is 9.84 Å². The van der Waals surface area contributed by atoms with Crippen LogP contribution in [-0.4, -0.2) is 10.1 Å². The zero-order chi connectivity index (χ0) is 13.0. The van der Waals surface area contributed by atoms with Gasteiger partial charge in [-0.15, -0.1) is 0 Å². The lowest BCUT2D eigenvalue weighted by atomic mass is 10.2. The fraction of sp³-hybridized carbons (Fsp3) is 0.154. The molecule has 0 aliphatic rings. The van der Waals surface area contributed by atoms with E-state index >= 15 is 0 Å². The highest BCUT2D eigenvalue weighted by molar-refractivity contribution is 9.10. The highest BCUT2D eigenvalue weighted by atomic mass is 79.9. The van der Waals surface area contributed by atoms with Crippen LogP contribution in [0.1, 0.15) is 11.3 Å². The number of halogens is 2. The van der Waals surface area contributed by atoms with E-state index in [1.54, 1.807) is 6.20 Å². The van der Waals surface area contributed by atoms with Crippen LogP contribution in [0.5, 0.6) is 5.75 Å². The third kappa shape index (κ3) is 3.27. The molecule has 1 aromatic carbocycles. The van der Waals surface area contributed by atoms with Crippen LogP contribution < -0.4 is 4.74 Å². The van der Waals surface area contributed by atoms with Crippen LogP contribution in [0.25, 0.3) is 0 Å². The second-order valence-corrected chi connectivity index (χ2v) is 4.58. The van der Waals surface area contributed by atoms with E-state index in [-0.39, 0.29) is 13.2 Å². The Morgan fingerprint density at radius 3 is 2.78 bits per heavy atom.